The number of benzene rings is 3. The van der Waals surface area contributed by atoms with E-state index in [2.05, 4.69) is 15.5 Å². The summed E-state index contributed by atoms with van der Waals surface area (Å²) in [5, 5.41) is 10.8. The van der Waals surface area contributed by atoms with Crippen LogP contribution in [0.3, 0.4) is 0 Å². The third kappa shape index (κ3) is 5.44. The number of anilines is 1. The molecule has 0 aliphatic heterocycles. The van der Waals surface area contributed by atoms with Crippen LogP contribution < -0.4 is 5.32 Å². The van der Waals surface area contributed by atoms with Crippen molar-refractivity contribution in [3.05, 3.63) is 114 Å². The van der Waals surface area contributed by atoms with Crippen molar-refractivity contribution in [2.75, 3.05) is 5.32 Å². The Labute approximate surface area is 214 Å². The van der Waals surface area contributed by atoms with E-state index in [1.54, 1.807) is 41.0 Å². The molecule has 0 saturated heterocycles. The summed E-state index contributed by atoms with van der Waals surface area (Å²) in [6.45, 7) is 0. The smallest absolute Gasteiger partial charge is 0.416 e. The lowest BCUT2D eigenvalue weighted by atomic mass is 10.1. The number of halogens is 3. The molecule has 1 N–H and O–H groups in total. The Hall–Kier alpha value is -4.31. The second kappa shape index (κ2) is 10.4. The van der Waals surface area contributed by atoms with Crippen LogP contribution in [0.25, 0.3) is 17.3 Å². The van der Waals surface area contributed by atoms with Gasteiger partial charge in [0.2, 0.25) is 11.7 Å². The fraction of sp³-hybridized carbons (Fsp3) is 0.0741. The van der Waals surface area contributed by atoms with Crippen LogP contribution in [0.1, 0.15) is 16.4 Å². The quantitative estimate of drug-likeness (QED) is 0.234. The van der Waals surface area contributed by atoms with Crippen LogP contribution in [-0.2, 0) is 11.0 Å². The number of para-hydroxylation sites is 1. The number of amides is 1. The average molecular weight is 521 g/mol. The van der Waals surface area contributed by atoms with Gasteiger partial charge < -0.3 is 9.73 Å². The van der Waals surface area contributed by atoms with E-state index in [0.717, 1.165) is 29.6 Å². The van der Waals surface area contributed by atoms with Crippen LogP contribution in [0.5, 0.6) is 0 Å². The SMILES string of the molecule is O=C(Nc1cccc(C(F)(F)F)c1)C(Sc1nnc(-c2ccco2)n1-c1ccccc1)c1ccccc1. The molecule has 0 aliphatic rings. The molecule has 0 radical (unpaired) electrons. The summed E-state index contributed by atoms with van der Waals surface area (Å²) in [6.07, 6.45) is -3.00. The van der Waals surface area contributed by atoms with Gasteiger partial charge in [-0.2, -0.15) is 13.2 Å². The summed E-state index contributed by atoms with van der Waals surface area (Å²) in [4.78, 5) is 13.5. The van der Waals surface area contributed by atoms with Crippen molar-refractivity contribution in [1.29, 1.82) is 0 Å². The minimum absolute atomic E-state index is 0.0437. The predicted molar refractivity (Wildman–Crippen MR) is 134 cm³/mol. The predicted octanol–water partition coefficient (Wildman–Crippen LogP) is 7.02. The van der Waals surface area contributed by atoms with E-state index in [9.17, 15) is 18.0 Å². The highest BCUT2D eigenvalue weighted by Crippen LogP contribution is 2.38. The third-order valence-corrected chi connectivity index (χ3v) is 6.61. The van der Waals surface area contributed by atoms with Crippen LogP contribution in [0.4, 0.5) is 18.9 Å². The first-order valence-corrected chi connectivity index (χ1v) is 12.0. The van der Waals surface area contributed by atoms with E-state index < -0.39 is 22.9 Å². The Morgan fingerprint density at radius 3 is 2.30 bits per heavy atom. The van der Waals surface area contributed by atoms with Crippen molar-refractivity contribution >= 4 is 23.4 Å². The molecule has 0 aliphatic carbocycles. The van der Waals surface area contributed by atoms with Crippen molar-refractivity contribution in [3.63, 3.8) is 0 Å². The molecule has 37 heavy (non-hydrogen) atoms. The molecule has 2 aromatic heterocycles. The maximum Gasteiger partial charge on any atom is 0.416 e. The highest BCUT2D eigenvalue weighted by atomic mass is 32.2. The molecule has 1 amide bonds. The Bertz CT molecular complexity index is 1490. The van der Waals surface area contributed by atoms with Gasteiger partial charge in [0.25, 0.3) is 0 Å². The van der Waals surface area contributed by atoms with Gasteiger partial charge in [-0.15, -0.1) is 10.2 Å². The summed E-state index contributed by atoms with van der Waals surface area (Å²) in [6, 6.07) is 26.3. The first-order chi connectivity index (χ1) is 17.9. The van der Waals surface area contributed by atoms with E-state index >= 15 is 0 Å². The largest absolute Gasteiger partial charge is 0.461 e. The van der Waals surface area contributed by atoms with E-state index in [1.165, 1.54) is 18.4 Å². The highest BCUT2D eigenvalue weighted by molar-refractivity contribution is 8.00. The lowest BCUT2D eigenvalue weighted by Crippen LogP contribution is -2.20. The van der Waals surface area contributed by atoms with Gasteiger partial charge >= 0.3 is 6.18 Å². The number of hydrogen-bond acceptors (Lipinski definition) is 5. The maximum atomic E-state index is 13.5. The van der Waals surface area contributed by atoms with Crippen LogP contribution in [0.2, 0.25) is 0 Å². The molecular weight excluding hydrogens is 501 g/mol. The van der Waals surface area contributed by atoms with E-state index in [0.29, 0.717) is 22.3 Å². The van der Waals surface area contributed by atoms with Crippen molar-refractivity contribution in [3.8, 4) is 17.3 Å². The van der Waals surface area contributed by atoms with Crippen molar-refractivity contribution in [2.24, 2.45) is 0 Å². The minimum atomic E-state index is -4.53. The molecule has 3 aromatic carbocycles. The van der Waals surface area contributed by atoms with Crippen LogP contribution in [-0.4, -0.2) is 20.7 Å². The average Bonchev–Trinajstić information content (AvgIpc) is 3.58. The molecular formula is C27H19F3N4O2S. The molecule has 186 valence electrons. The molecule has 1 unspecified atom stereocenters. The molecule has 0 bridgehead atoms. The number of rotatable bonds is 7. The van der Waals surface area contributed by atoms with E-state index in [-0.39, 0.29) is 5.69 Å². The van der Waals surface area contributed by atoms with Gasteiger partial charge in [-0.25, -0.2) is 0 Å². The van der Waals surface area contributed by atoms with E-state index in [4.69, 9.17) is 4.42 Å². The first kappa shape index (κ1) is 24.4. The summed E-state index contributed by atoms with van der Waals surface area (Å²) in [7, 11) is 0. The topological polar surface area (TPSA) is 73.0 Å². The van der Waals surface area contributed by atoms with Gasteiger partial charge in [-0.05, 0) is 48.0 Å². The minimum Gasteiger partial charge on any atom is -0.461 e. The Morgan fingerprint density at radius 2 is 1.62 bits per heavy atom. The monoisotopic (exact) mass is 520 g/mol. The fourth-order valence-electron chi connectivity index (χ4n) is 3.71. The third-order valence-electron chi connectivity index (χ3n) is 5.41. The molecule has 5 aromatic rings. The molecule has 10 heteroatoms. The van der Waals surface area contributed by atoms with Crippen molar-refractivity contribution < 1.29 is 22.4 Å². The normalized spacial score (nSPS) is 12.3. The number of nitrogens with one attached hydrogen (secondary N) is 1. The van der Waals surface area contributed by atoms with Gasteiger partial charge in [0.1, 0.15) is 5.25 Å². The molecule has 5 rings (SSSR count). The Morgan fingerprint density at radius 1 is 0.892 bits per heavy atom. The summed E-state index contributed by atoms with van der Waals surface area (Å²) in [5.74, 6) is 0.439. The number of thioether (sulfide) groups is 1. The van der Waals surface area contributed by atoms with Crippen molar-refractivity contribution in [2.45, 2.75) is 16.6 Å². The van der Waals surface area contributed by atoms with Crippen molar-refractivity contribution in [1.82, 2.24) is 14.8 Å². The number of nitrogens with zero attached hydrogens (tertiary/aromatic N) is 3. The zero-order valence-electron chi connectivity index (χ0n) is 19.1. The number of furan rings is 1. The molecule has 6 nitrogen and oxygen atoms in total. The van der Waals surface area contributed by atoms with Crippen LogP contribution in [0.15, 0.2) is 113 Å². The number of carbonyl (C=O) groups excluding carboxylic acids is 1. The molecule has 0 fully saturated rings. The number of alkyl halides is 3. The molecule has 1 atom stereocenters. The number of hydrogen-bond donors (Lipinski definition) is 1. The Kier molecular flexibility index (Phi) is 6.82. The summed E-state index contributed by atoms with van der Waals surface area (Å²) < 4.78 is 46.9. The zero-order valence-corrected chi connectivity index (χ0v) is 19.9. The maximum absolute atomic E-state index is 13.5. The first-order valence-electron chi connectivity index (χ1n) is 11.1. The number of aromatic nitrogens is 3. The lowest BCUT2D eigenvalue weighted by Gasteiger charge is -2.18. The number of carbonyl (C=O) groups is 1. The molecule has 2 heterocycles. The van der Waals surface area contributed by atoms with Gasteiger partial charge in [0.05, 0.1) is 11.8 Å². The summed E-state index contributed by atoms with van der Waals surface area (Å²) in [5.41, 5.74) is 0.605. The van der Waals surface area contributed by atoms with Gasteiger partial charge in [-0.3, -0.25) is 9.36 Å². The van der Waals surface area contributed by atoms with Crippen LogP contribution in [0, 0.1) is 0 Å². The molecule has 0 saturated carbocycles. The fourth-order valence-corrected chi connectivity index (χ4v) is 4.76. The van der Waals surface area contributed by atoms with Gasteiger partial charge in [0.15, 0.2) is 10.9 Å². The van der Waals surface area contributed by atoms with E-state index in [1.807, 2.05) is 36.4 Å². The van der Waals surface area contributed by atoms with Gasteiger partial charge in [0, 0.05) is 11.4 Å². The van der Waals surface area contributed by atoms with Gasteiger partial charge in [-0.1, -0.05) is 66.4 Å². The zero-order chi connectivity index (χ0) is 25.8. The highest BCUT2D eigenvalue weighted by Gasteiger charge is 2.31. The standard InChI is InChI=1S/C27H19F3N4O2S/c28-27(29,30)19-11-7-12-20(17-19)31-25(35)23(18-9-3-1-4-10-18)37-26-33-32-24(22-15-8-16-36-22)34(26)21-13-5-2-6-14-21/h1-17,23H,(H,31,35). The second-order valence-corrected chi connectivity index (χ2v) is 9.00. The summed E-state index contributed by atoms with van der Waals surface area (Å²) >= 11 is 1.13. The second-order valence-electron chi connectivity index (χ2n) is 7.93. The lowest BCUT2D eigenvalue weighted by molar-refractivity contribution is -0.137. The Balaban J connectivity index is 1.52. The van der Waals surface area contributed by atoms with Crippen LogP contribution >= 0.6 is 11.8 Å². The molecule has 0 spiro atoms.